The van der Waals surface area contributed by atoms with Crippen molar-refractivity contribution in [2.75, 3.05) is 0 Å². The topological polar surface area (TPSA) is 101 Å². The Morgan fingerprint density at radius 3 is 1.95 bits per heavy atom. The highest BCUT2D eigenvalue weighted by atomic mass is 16.4. The van der Waals surface area contributed by atoms with E-state index in [1.165, 1.54) is 5.56 Å². The molecule has 110 valence electrons. The van der Waals surface area contributed by atoms with Crippen molar-refractivity contribution in [2.24, 2.45) is 11.7 Å². The summed E-state index contributed by atoms with van der Waals surface area (Å²) in [6, 6.07) is 7.74. The van der Waals surface area contributed by atoms with Crippen LogP contribution in [-0.4, -0.2) is 27.7 Å². The molecule has 0 saturated heterocycles. The Bertz CT molecular complexity index is 465. The van der Waals surface area contributed by atoms with E-state index >= 15 is 0 Å². The van der Waals surface area contributed by atoms with Gasteiger partial charge in [-0.3, -0.25) is 0 Å². The van der Waals surface area contributed by atoms with E-state index in [1.54, 1.807) is 0 Å². The third-order valence-electron chi connectivity index (χ3n) is 3.24. The number of hydrogen-bond donors (Lipinski definition) is 3. The summed E-state index contributed by atoms with van der Waals surface area (Å²) in [5, 5.41) is 17.8. The second-order valence-corrected chi connectivity index (χ2v) is 5.50. The Balaban J connectivity index is 2.70. The van der Waals surface area contributed by atoms with Crippen LogP contribution in [0.15, 0.2) is 24.3 Å². The Kier molecular flexibility index (Phi) is 5.27. The summed E-state index contributed by atoms with van der Waals surface area (Å²) in [4.78, 5) is 21.9. The predicted molar refractivity (Wildman–Crippen MR) is 75.5 cm³/mol. The highest BCUT2D eigenvalue weighted by Crippen LogP contribution is 2.15. The number of aliphatic carboxylic acids is 2. The molecule has 0 aliphatic heterocycles. The van der Waals surface area contributed by atoms with Gasteiger partial charge >= 0.3 is 11.9 Å². The summed E-state index contributed by atoms with van der Waals surface area (Å²) >= 11 is 0. The maximum Gasteiger partial charge on any atom is 0.335 e. The summed E-state index contributed by atoms with van der Waals surface area (Å²) in [5.74, 6) is -2.46. The highest BCUT2D eigenvalue weighted by molar-refractivity contribution is 6.02. The smallest absolute Gasteiger partial charge is 0.335 e. The minimum atomic E-state index is -2.23. The number of rotatable bonds is 7. The summed E-state index contributed by atoms with van der Waals surface area (Å²) in [5.41, 5.74) is 5.29. The number of carbonyl (C=O) groups is 2. The molecule has 0 aliphatic carbocycles. The lowest BCUT2D eigenvalue weighted by molar-refractivity contribution is -0.157. The molecule has 0 atom stereocenters. The zero-order valence-corrected chi connectivity index (χ0v) is 11.8. The molecule has 0 radical (unpaired) electrons. The normalized spacial score (nSPS) is 11.6. The van der Waals surface area contributed by atoms with Gasteiger partial charge in [0, 0.05) is 0 Å². The Hall–Kier alpha value is -1.88. The molecule has 0 bridgehead atoms. The first kappa shape index (κ1) is 16.2. The van der Waals surface area contributed by atoms with Crippen molar-refractivity contribution in [2.45, 2.75) is 38.6 Å². The summed E-state index contributed by atoms with van der Waals surface area (Å²) in [6.45, 7) is 4.27. The first-order valence-electron chi connectivity index (χ1n) is 6.59. The maximum absolute atomic E-state index is 11.0. The van der Waals surface area contributed by atoms with Gasteiger partial charge in [0.05, 0.1) is 0 Å². The van der Waals surface area contributed by atoms with Crippen molar-refractivity contribution < 1.29 is 19.8 Å². The number of aryl methyl sites for hydroxylation is 1. The zero-order chi connectivity index (χ0) is 15.3. The first-order chi connectivity index (χ1) is 9.25. The third-order valence-corrected chi connectivity index (χ3v) is 3.24. The average Bonchev–Trinajstić information content (AvgIpc) is 2.36. The summed E-state index contributed by atoms with van der Waals surface area (Å²) in [7, 11) is 0. The van der Waals surface area contributed by atoms with Crippen LogP contribution in [-0.2, 0) is 22.4 Å². The molecule has 0 aliphatic rings. The van der Waals surface area contributed by atoms with E-state index in [0.29, 0.717) is 12.3 Å². The van der Waals surface area contributed by atoms with Crippen LogP contribution in [0.25, 0.3) is 0 Å². The van der Waals surface area contributed by atoms with Gasteiger partial charge in [-0.1, -0.05) is 38.1 Å². The molecule has 0 saturated carbocycles. The van der Waals surface area contributed by atoms with Gasteiger partial charge in [0.15, 0.2) is 0 Å². The maximum atomic E-state index is 11.0. The van der Waals surface area contributed by atoms with Gasteiger partial charge in [-0.25, -0.2) is 9.59 Å². The second-order valence-electron chi connectivity index (χ2n) is 5.50. The molecule has 20 heavy (non-hydrogen) atoms. The van der Waals surface area contributed by atoms with Gasteiger partial charge < -0.3 is 15.9 Å². The molecule has 4 N–H and O–H groups in total. The zero-order valence-electron chi connectivity index (χ0n) is 11.8. The molecular weight excluding hydrogens is 258 g/mol. The fourth-order valence-electron chi connectivity index (χ4n) is 1.96. The molecule has 1 rings (SSSR count). The molecule has 0 fully saturated rings. The number of benzene rings is 1. The monoisotopic (exact) mass is 279 g/mol. The largest absolute Gasteiger partial charge is 0.479 e. The van der Waals surface area contributed by atoms with E-state index in [2.05, 4.69) is 13.8 Å². The van der Waals surface area contributed by atoms with Crippen molar-refractivity contribution in [3.63, 3.8) is 0 Å². The van der Waals surface area contributed by atoms with Crippen LogP contribution in [0, 0.1) is 5.92 Å². The molecule has 5 heteroatoms. The summed E-state index contributed by atoms with van der Waals surface area (Å²) in [6.07, 6.45) is 1.16. The van der Waals surface area contributed by atoms with Crippen molar-refractivity contribution in [1.82, 2.24) is 0 Å². The van der Waals surface area contributed by atoms with Crippen LogP contribution in [0.3, 0.4) is 0 Å². The van der Waals surface area contributed by atoms with Gasteiger partial charge in [-0.2, -0.15) is 0 Å². The molecule has 0 aromatic heterocycles. The van der Waals surface area contributed by atoms with Gasteiger partial charge in [0.25, 0.3) is 0 Å². The minimum Gasteiger partial charge on any atom is -0.479 e. The van der Waals surface area contributed by atoms with Crippen molar-refractivity contribution in [1.29, 1.82) is 0 Å². The second kappa shape index (κ2) is 6.52. The number of carboxylic acid groups (broad SMARTS) is 2. The first-order valence-corrected chi connectivity index (χ1v) is 6.59. The number of nitrogens with two attached hydrogens (primary N) is 1. The Morgan fingerprint density at radius 1 is 1.10 bits per heavy atom. The Labute approximate surface area is 118 Å². The van der Waals surface area contributed by atoms with E-state index in [4.69, 9.17) is 15.9 Å². The van der Waals surface area contributed by atoms with E-state index < -0.39 is 17.5 Å². The average molecular weight is 279 g/mol. The lowest BCUT2D eigenvalue weighted by atomic mass is 9.92. The SMILES string of the molecule is CC(C)Cc1ccc(CCC(N)(C(=O)O)C(=O)O)cc1. The fraction of sp³-hybridized carbons (Fsp3) is 0.467. The van der Waals surface area contributed by atoms with Crippen LogP contribution in [0.1, 0.15) is 31.4 Å². The molecule has 1 aromatic rings. The van der Waals surface area contributed by atoms with Crippen molar-refractivity contribution >= 4 is 11.9 Å². The fourth-order valence-corrected chi connectivity index (χ4v) is 1.96. The molecule has 0 heterocycles. The highest BCUT2D eigenvalue weighted by Gasteiger charge is 2.41. The molecule has 0 spiro atoms. The third kappa shape index (κ3) is 4.06. The van der Waals surface area contributed by atoms with E-state index in [1.807, 2.05) is 24.3 Å². The van der Waals surface area contributed by atoms with Gasteiger partial charge in [0.2, 0.25) is 5.54 Å². The van der Waals surface area contributed by atoms with Crippen molar-refractivity contribution in [3.8, 4) is 0 Å². The minimum absolute atomic E-state index is 0.138. The lowest BCUT2D eigenvalue weighted by Gasteiger charge is -2.19. The molecule has 5 nitrogen and oxygen atoms in total. The molecular formula is C15H21NO4. The predicted octanol–water partition coefficient (Wildman–Crippen LogP) is 1.68. The van der Waals surface area contributed by atoms with E-state index in [-0.39, 0.29) is 6.42 Å². The van der Waals surface area contributed by atoms with Crippen LogP contribution < -0.4 is 5.73 Å². The van der Waals surface area contributed by atoms with Crippen LogP contribution in [0.4, 0.5) is 0 Å². The Morgan fingerprint density at radius 2 is 1.55 bits per heavy atom. The quantitative estimate of drug-likeness (QED) is 0.659. The lowest BCUT2D eigenvalue weighted by Crippen LogP contribution is -2.55. The van der Waals surface area contributed by atoms with Crippen LogP contribution >= 0.6 is 0 Å². The van der Waals surface area contributed by atoms with E-state index in [0.717, 1.165) is 12.0 Å². The summed E-state index contributed by atoms with van der Waals surface area (Å²) < 4.78 is 0. The van der Waals surface area contributed by atoms with Gasteiger partial charge in [-0.15, -0.1) is 0 Å². The van der Waals surface area contributed by atoms with Crippen LogP contribution in [0.5, 0.6) is 0 Å². The van der Waals surface area contributed by atoms with Crippen LogP contribution in [0.2, 0.25) is 0 Å². The van der Waals surface area contributed by atoms with Crippen molar-refractivity contribution in [3.05, 3.63) is 35.4 Å². The molecule has 1 aromatic carbocycles. The van der Waals surface area contributed by atoms with Gasteiger partial charge in [-0.05, 0) is 36.3 Å². The number of hydrogen-bond acceptors (Lipinski definition) is 3. The standard InChI is InChI=1S/C15H21NO4/c1-10(2)9-12-5-3-11(4-6-12)7-8-15(16,13(17)18)14(19)20/h3-6,10H,7-9,16H2,1-2H3,(H,17,18)(H,19,20). The van der Waals surface area contributed by atoms with E-state index in [9.17, 15) is 9.59 Å². The van der Waals surface area contributed by atoms with Gasteiger partial charge in [0.1, 0.15) is 0 Å². The molecule has 0 amide bonds. The molecule has 0 unspecified atom stereocenters. The number of carboxylic acids is 2.